The van der Waals surface area contributed by atoms with Gasteiger partial charge in [-0.15, -0.1) is 0 Å². The number of anilines is 3. The van der Waals surface area contributed by atoms with Gasteiger partial charge in [0.25, 0.3) is 5.91 Å². The highest BCUT2D eigenvalue weighted by molar-refractivity contribution is 6.15. The van der Waals surface area contributed by atoms with E-state index < -0.39 is 0 Å². The quantitative estimate of drug-likeness (QED) is 0.438. The van der Waals surface area contributed by atoms with E-state index in [2.05, 4.69) is 10.6 Å². The molecule has 2 N–H and O–H groups in total. The third-order valence-corrected chi connectivity index (χ3v) is 6.24. The van der Waals surface area contributed by atoms with Crippen molar-refractivity contribution < 1.29 is 14.4 Å². The molecule has 1 aromatic heterocycles. The summed E-state index contributed by atoms with van der Waals surface area (Å²) in [5, 5.41) is 5.58. The molecule has 3 aromatic carbocycles. The molecular formula is C27H25N5O4. The zero-order chi connectivity index (χ0) is 25.2. The van der Waals surface area contributed by atoms with Crippen LogP contribution in [0.1, 0.15) is 23.7 Å². The lowest BCUT2D eigenvalue weighted by Crippen LogP contribution is -2.42. The van der Waals surface area contributed by atoms with E-state index in [-0.39, 0.29) is 42.9 Å². The van der Waals surface area contributed by atoms with Crippen LogP contribution in [0.15, 0.2) is 77.6 Å². The van der Waals surface area contributed by atoms with Crippen LogP contribution in [0, 0.1) is 0 Å². The minimum Gasteiger partial charge on any atom is -0.326 e. The highest BCUT2D eigenvalue weighted by Gasteiger charge is 2.27. The Morgan fingerprint density at radius 2 is 1.56 bits per heavy atom. The summed E-state index contributed by atoms with van der Waals surface area (Å²) < 4.78 is 3.31. The second-order valence-corrected chi connectivity index (χ2v) is 8.50. The first kappa shape index (κ1) is 23.1. The highest BCUT2D eigenvalue weighted by atomic mass is 16.2. The fraction of sp³-hybridized carbons (Fsp3) is 0.185. The number of aromatic nitrogens is 2. The lowest BCUT2D eigenvalue weighted by atomic mass is 10.1. The van der Waals surface area contributed by atoms with E-state index in [9.17, 15) is 19.2 Å². The van der Waals surface area contributed by atoms with Crippen molar-refractivity contribution in [2.75, 3.05) is 22.1 Å². The molecule has 2 heterocycles. The summed E-state index contributed by atoms with van der Waals surface area (Å²) in [7, 11) is 0. The molecule has 36 heavy (non-hydrogen) atoms. The number of nitrogens with zero attached hydrogens (tertiary/aromatic N) is 3. The Kier molecular flexibility index (Phi) is 6.12. The third-order valence-electron chi connectivity index (χ3n) is 6.24. The molecule has 182 valence electrons. The van der Waals surface area contributed by atoms with Gasteiger partial charge in [0.15, 0.2) is 0 Å². The molecule has 0 atom stereocenters. The van der Waals surface area contributed by atoms with Gasteiger partial charge >= 0.3 is 5.69 Å². The van der Waals surface area contributed by atoms with Gasteiger partial charge in [0.2, 0.25) is 11.8 Å². The van der Waals surface area contributed by atoms with E-state index in [0.29, 0.717) is 29.2 Å². The van der Waals surface area contributed by atoms with Crippen LogP contribution in [-0.2, 0) is 22.7 Å². The van der Waals surface area contributed by atoms with Gasteiger partial charge in [-0.05, 0) is 55.5 Å². The van der Waals surface area contributed by atoms with Crippen LogP contribution in [-0.4, -0.2) is 33.4 Å². The SMILES string of the molecule is CCn1c(=O)n(CCC(=O)Nc2ccc(C(=O)N3CC(=O)Nc4ccccc43)cc2)c2ccccc21. The number of para-hydroxylation sites is 4. The van der Waals surface area contributed by atoms with Gasteiger partial charge in [-0.1, -0.05) is 24.3 Å². The molecule has 3 amide bonds. The number of carbonyl (C=O) groups is 3. The van der Waals surface area contributed by atoms with Crippen molar-refractivity contribution in [2.24, 2.45) is 0 Å². The Morgan fingerprint density at radius 3 is 2.28 bits per heavy atom. The molecule has 0 fully saturated rings. The lowest BCUT2D eigenvalue weighted by molar-refractivity contribution is -0.116. The van der Waals surface area contributed by atoms with Crippen LogP contribution < -0.4 is 21.2 Å². The topological polar surface area (TPSA) is 105 Å². The van der Waals surface area contributed by atoms with Gasteiger partial charge in [0, 0.05) is 30.8 Å². The number of imidazole rings is 1. The number of hydrogen-bond acceptors (Lipinski definition) is 4. The number of nitrogens with one attached hydrogen (secondary N) is 2. The molecule has 9 nitrogen and oxygen atoms in total. The van der Waals surface area contributed by atoms with Crippen LogP contribution in [0.4, 0.5) is 17.1 Å². The van der Waals surface area contributed by atoms with Gasteiger partial charge in [0.05, 0.1) is 22.4 Å². The lowest BCUT2D eigenvalue weighted by Gasteiger charge is -2.29. The molecule has 5 rings (SSSR count). The summed E-state index contributed by atoms with van der Waals surface area (Å²) in [6.07, 6.45) is 0.123. The van der Waals surface area contributed by atoms with Crippen molar-refractivity contribution in [3.63, 3.8) is 0 Å². The number of benzene rings is 3. The Morgan fingerprint density at radius 1 is 0.889 bits per heavy atom. The van der Waals surface area contributed by atoms with Crippen molar-refractivity contribution in [3.05, 3.63) is 88.8 Å². The molecule has 0 bridgehead atoms. The van der Waals surface area contributed by atoms with Crippen LogP contribution in [0.2, 0.25) is 0 Å². The smallest absolute Gasteiger partial charge is 0.326 e. The molecule has 0 aliphatic carbocycles. The number of rotatable bonds is 6. The van der Waals surface area contributed by atoms with Crippen molar-refractivity contribution in [1.82, 2.24) is 9.13 Å². The van der Waals surface area contributed by atoms with Gasteiger partial charge in [-0.2, -0.15) is 0 Å². The Labute approximate surface area is 206 Å². The van der Waals surface area contributed by atoms with Crippen molar-refractivity contribution in [2.45, 2.75) is 26.4 Å². The second kappa shape index (κ2) is 9.53. The van der Waals surface area contributed by atoms with Gasteiger partial charge < -0.3 is 10.6 Å². The van der Waals surface area contributed by atoms with E-state index in [4.69, 9.17) is 0 Å². The molecule has 0 saturated carbocycles. The van der Waals surface area contributed by atoms with Crippen LogP contribution >= 0.6 is 0 Å². The molecule has 1 aliphatic heterocycles. The number of hydrogen-bond donors (Lipinski definition) is 2. The van der Waals surface area contributed by atoms with Gasteiger partial charge in [0.1, 0.15) is 6.54 Å². The average Bonchev–Trinajstić information content (AvgIpc) is 3.17. The van der Waals surface area contributed by atoms with E-state index >= 15 is 0 Å². The Bertz CT molecular complexity index is 1530. The van der Waals surface area contributed by atoms with Crippen molar-refractivity contribution in [3.8, 4) is 0 Å². The minimum atomic E-state index is -0.304. The van der Waals surface area contributed by atoms with Crippen LogP contribution in [0.25, 0.3) is 11.0 Å². The zero-order valence-corrected chi connectivity index (χ0v) is 19.7. The molecule has 0 spiro atoms. The van der Waals surface area contributed by atoms with E-state index in [1.807, 2.05) is 37.3 Å². The third kappa shape index (κ3) is 4.26. The predicted octanol–water partition coefficient (Wildman–Crippen LogP) is 3.45. The first-order valence-electron chi connectivity index (χ1n) is 11.7. The van der Waals surface area contributed by atoms with Crippen LogP contribution in [0.3, 0.4) is 0 Å². The fourth-order valence-corrected chi connectivity index (χ4v) is 4.50. The second-order valence-electron chi connectivity index (χ2n) is 8.50. The Hall–Kier alpha value is -4.66. The summed E-state index contributed by atoms with van der Waals surface area (Å²) in [4.78, 5) is 51.9. The minimum absolute atomic E-state index is 0.0673. The summed E-state index contributed by atoms with van der Waals surface area (Å²) in [6.45, 7) is 2.66. The summed E-state index contributed by atoms with van der Waals surface area (Å²) >= 11 is 0. The standard InChI is InChI=1S/C27H25N5O4/c1-2-30-22-9-5-6-10-23(22)31(27(30)36)16-15-24(33)28-19-13-11-18(12-14-19)26(35)32-17-25(34)29-20-7-3-4-8-21(20)32/h3-14H,2,15-17H2,1H3,(H,28,33)(H,29,34). The number of amides is 3. The summed E-state index contributed by atoms with van der Waals surface area (Å²) in [5.41, 5.74) is 3.68. The van der Waals surface area contributed by atoms with Gasteiger partial charge in [-0.25, -0.2) is 4.79 Å². The van der Waals surface area contributed by atoms with Crippen LogP contribution in [0.5, 0.6) is 0 Å². The predicted molar refractivity (Wildman–Crippen MR) is 138 cm³/mol. The molecule has 4 aromatic rings. The summed E-state index contributed by atoms with van der Waals surface area (Å²) in [6, 6.07) is 21.2. The maximum atomic E-state index is 13.1. The van der Waals surface area contributed by atoms with E-state index in [1.54, 1.807) is 51.6 Å². The molecule has 9 heteroatoms. The molecular weight excluding hydrogens is 458 g/mol. The van der Waals surface area contributed by atoms with E-state index in [0.717, 1.165) is 11.0 Å². The van der Waals surface area contributed by atoms with Crippen molar-refractivity contribution >= 4 is 45.8 Å². The largest absolute Gasteiger partial charge is 0.329 e. The summed E-state index contributed by atoms with van der Waals surface area (Å²) in [5.74, 6) is -0.801. The first-order chi connectivity index (χ1) is 17.5. The average molecular weight is 484 g/mol. The number of aryl methyl sites for hydroxylation is 2. The van der Waals surface area contributed by atoms with E-state index in [1.165, 1.54) is 4.90 Å². The highest BCUT2D eigenvalue weighted by Crippen LogP contribution is 2.30. The first-order valence-corrected chi connectivity index (χ1v) is 11.7. The fourth-order valence-electron chi connectivity index (χ4n) is 4.50. The number of carbonyl (C=O) groups excluding carboxylic acids is 3. The monoisotopic (exact) mass is 483 g/mol. The number of fused-ring (bicyclic) bond motifs is 2. The molecule has 0 radical (unpaired) electrons. The normalized spacial score (nSPS) is 12.8. The zero-order valence-electron chi connectivity index (χ0n) is 19.7. The van der Waals surface area contributed by atoms with Crippen molar-refractivity contribution in [1.29, 1.82) is 0 Å². The molecule has 0 saturated heterocycles. The van der Waals surface area contributed by atoms with Gasteiger partial charge in [-0.3, -0.25) is 28.4 Å². The molecule has 0 unspecified atom stereocenters. The Balaban J connectivity index is 1.25. The maximum Gasteiger partial charge on any atom is 0.329 e. The molecule has 1 aliphatic rings. The maximum absolute atomic E-state index is 13.1.